The lowest BCUT2D eigenvalue weighted by Crippen LogP contribution is -1.65. The summed E-state index contributed by atoms with van der Waals surface area (Å²) >= 11 is 0. The molecular weight excluding hydrogens is 150 g/mol. The normalized spacial score (nSPS) is 11.4. The SMILES string of the molecule is C/C=N/c1nc2ccccc2[nH]1. The van der Waals surface area contributed by atoms with Crippen molar-refractivity contribution in [3.05, 3.63) is 24.3 Å². The van der Waals surface area contributed by atoms with Gasteiger partial charge in [0.15, 0.2) is 0 Å². The number of H-pyrrole nitrogens is 1. The number of aromatic amines is 1. The third kappa shape index (κ3) is 1.09. The predicted molar refractivity (Wildman–Crippen MR) is 49.9 cm³/mol. The van der Waals surface area contributed by atoms with Crippen LogP contribution in [0.2, 0.25) is 0 Å². The van der Waals surface area contributed by atoms with Gasteiger partial charge in [-0.15, -0.1) is 0 Å². The van der Waals surface area contributed by atoms with Gasteiger partial charge in [0.25, 0.3) is 0 Å². The Bertz CT molecular complexity index is 381. The molecule has 0 radical (unpaired) electrons. The summed E-state index contributed by atoms with van der Waals surface area (Å²) in [6, 6.07) is 7.88. The second-order valence-corrected chi connectivity index (χ2v) is 2.46. The van der Waals surface area contributed by atoms with Gasteiger partial charge in [-0.1, -0.05) is 12.1 Å². The summed E-state index contributed by atoms with van der Waals surface area (Å²) in [5, 5.41) is 0. The van der Waals surface area contributed by atoms with E-state index in [9.17, 15) is 0 Å². The summed E-state index contributed by atoms with van der Waals surface area (Å²) in [4.78, 5) is 11.4. The van der Waals surface area contributed by atoms with Crippen LogP contribution in [0.5, 0.6) is 0 Å². The Balaban J connectivity index is 2.62. The highest BCUT2D eigenvalue weighted by molar-refractivity contribution is 5.77. The molecule has 1 N–H and O–H groups in total. The third-order valence-electron chi connectivity index (χ3n) is 1.63. The molecule has 0 bridgehead atoms. The maximum absolute atomic E-state index is 4.25. The summed E-state index contributed by atoms with van der Waals surface area (Å²) in [6.45, 7) is 1.87. The Morgan fingerprint density at radius 1 is 1.42 bits per heavy atom. The highest BCUT2D eigenvalue weighted by atomic mass is 15.1. The third-order valence-corrected chi connectivity index (χ3v) is 1.63. The van der Waals surface area contributed by atoms with Crippen LogP contribution >= 0.6 is 0 Å². The van der Waals surface area contributed by atoms with Crippen LogP contribution in [0.15, 0.2) is 29.3 Å². The minimum absolute atomic E-state index is 0.665. The Labute approximate surface area is 70.2 Å². The van der Waals surface area contributed by atoms with Gasteiger partial charge in [-0.25, -0.2) is 9.98 Å². The molecule has 0 saturated heterocycles. The minimum atomic E-state index is 0.665. The predicted octanol–water partition coefficient (Wildman–Crippen LogP) is 2.29. The number of nitrogens with zero attached hydrogens (tertiary/aromatic N) is 2. The first-order chi connectivity index (χ1) is 5.90. The van der Waals surface area contributed by atoms with Gasteiger partial charge >= 0.3 is 0 Å². The standard InChI is InChI=1S/C9H9N3/c1-2-10-9-11-7-5-3-4-6-8(7)12-9/h2-6H,1H3,(H,11,12)/b10-2+. The Morgan fingerprint density at radius 2 is 2.25 bits per heavy atom. The highest BCUT2D eigenvalue weighted by Crippen LogP contribution is 2.14. The molecule has 0 amide bonds. The molecule has 0 atom stereocenters. The molecular formula is C9H9N3. The van der Waals surface area contributed by atoms with Crippen LogP contribution in [0.1, 0.15) is 6.92 Å². The molecule has 0 aliphatic heterocycles. The van der Waals surface area contributed by atoms with Crippen molar-refractivity contribution in [2.45, 2.75) is 6.92 Å². The number of hydrogen-bond acceptors (Lipinski definition) is 2. The van der Waals surface area contributed by atoms with Gasteiger partial charge < -0.3 is 4.98 Å². The van der Waals surface area contributed by atoms with Crippen LogP contribution in [0.25, 0.3) is 11.0 Å². The quantitative estimate of drug-likeness (QED) is 0.637. The van der Waals surface area contributed by atoms with Gasteiger partial charge in [0.2, 0.25) is 5.95 Å². The molecule has 2 aromatic rings. The molecule has 2 rings (SSSR count). The summed E-state index contributed by atoms with van der Waals surface area (Å²) < 4.78 is 0. The van der Waals surface area contributed by atoms with Crippen molar-refractivity contribution in [3.8, 4) is 0 Å². The van der Waals surface area contributed by atoms with Crippen molar-refractivity contribution in [2.75, 3.05) is 0 Å². The van der Waals surface area contributed by atoms with Crippen LogP contribution in [0.3, 0.4) is 0 Å². The first kappa shape index (κ1) is 7.03. The lowest BCUT2D eigenvalue weighted by atomic mass is 10.3. The van der Waals surface area contributed by atoms with Crippen LogP contribution in [0, 0.1) is 0 Å². The topological polar surface area (TPSA) is 41.0 Å². The van der Waals surface area contributed by atoms with E-state index < -0.39 is 0 Å². The lowest BCUT2D eigenvalue weighted by Gasteiger charge is -1.81. The van der Waals surface area contributed by atoms with Gasteiger partial charge in [0.05, 0.1) is 11.0 Å². The zero-order chi connectivity index (χ0) is 8.39. The van der Waals surface area contributed by atoms with E-state index in [0.29, 0.717) is 5.95 Å². The fourth-order valence-electron chi connectivity index (χ4n) is 1.12. The fraction of sp³-hybridized carbons (Fsp3) is 0.111. The molecule has 0 aliphatic carbocycles. The molecule has 0 spiro atoms. The molecule has 0 aliphatic rings. The van der Waals surface area contributed by atoms with Gasteiger partial charge in [0.1, 0.15) is 0 Å². The molecule has 1 aromatic carbocycles. The summed E-state index contributed by atoms with van der Waals surface area (Å²) in [6.07, 6.45) is 1.72. The number of nitrogens with one attached hydrogen (secondary N) is 1. The number of hydrogen-bond donors (Lipinski definition) is 1. The van der Waals surface area contributed by atoms with Crippen molar-refractivity contribution < 1.29 is 0 Å². The van der Waals surface area contributed by atoms with Gasteiger partial charge in [-0.05, 0) is 19.1 Å². The molecule has 60 valence electrons. The monoisotopic (exact) mass is 159 g/mol. The van der Waals surface area contributed by atoms with E-state index in [1.807, 2.05) is 31.2 Å². The second kappa shape index (κ2) is 2.77. The minimum Gasteiger partial charge on any atom is -0.322 e. The van der Waals surface area contributed by atoms with E-state index in [-0.39, 0.29) is 0 Å². The van der Waals surface area contributed by atoms with Gasteiger partial charge in [-0.3, -0.25) is 0 Å². The number of fused-ring (bicyclic) bond motifs is 1. The Morgan fingerprint density at radius 3 is 3.00 bits per heavy atom. The van der Waals surface area contributed by atoms with Crippen molar-refractivity contribution in [2.24, 2.45) is 4.99 Å². The summed E-state index contributed by atoms with van der Waals surface area (Å²) in [5.74, 6) is 0.665. The number of rotatable bonds is 1. The summed E-state index contributed by atoms with van der Waals surface area (Å²) in [5.41, 5.74) is 1.98. The Hall–Kier alpha value is -1.64. The van der Waals surface area contributed by atoms with Gasteiger partial charge in [-0.2, -0.15) is 0 Å². The van der Waals surface area contributed by atoms with Crippen LogP contribution < -0.4 is 0 Å². The molecule has 3 nitrogen and oxygen atoms in total. The van der Waals surface area contributed by atoms with Crippen molar-refractivity contribution in [1.82, 2.24) is 9.97 Å². The Kier molecular flexibility index (Phi) is 1.63. The maximum atomic E-state index is 4.25. The van der Waals surface area contributed by atoms with E-state index in [0.717, 1.165) is 11.0 Å². The first-order valence-electron chi connectivity index (χ1n) is 3.83. The number of benzene rings is 1. The van der Waals surface area contributed by atoms with Crippen LogP contribution in [0.4, 0.5) is 5.95 Å². The van der Waals surface area contributed by atoms with Crippen LogP contribution in [-0.4, -0.2) is 16.2 Å². The zero-order valence-corrected chi connectivity index (χ0v) is 6.78. The van der Waals surface area contributed by atoms with Crippen molar-refractivity contribution in [3.63, 3.8) is 0 Å². The molecule has 0 saturated carbocycles. The fourth-order valence-corrected chi connectivity index (χ4v) is 1.12. The lowest BCUT2D eigenvalue weighted by molar-refractivity contribution is 1.27. The number of aliphatic imine (C=N–C) groups is 1. The second-order valence-electron chi connectivity index (χ2n) is 2.46. The molecule has 3 heteroatoms. The van der Waals surface area contributed by atoms with Crippen LogP contribution in [-0.2, 0) is 0 Å². The molecule has 1 aromatic heterocycles. The number of imidazole rings is 1. The average Bonchev–Trinajstić information content (AvgIpc) is 2.47. The van der Waals surface area contributed by atoms with E-state index in [1.54, 1.807) is 6.21 Å². The smallest absolute Gasteiger partial charge is 0.227 e. The maximum Gasteiger partial charge on any atom is 0.227 e. The van der Waals surface area contributed by atoms with Crippen molar-refractivity contribution in [1.29, 1.82) is 0 Å². The number of aromatic nitrogens is 2. The first-order valence-corrected chi connectivity index (χ1v) is 3.83. The molecule has 12 heavy (non-hydrogen) atoms. The highest BCUT2D eigenvalue weighted by Gasteiger charge is 1.97. The molecule has 1 heterocycles. The average molecular weight is 159 g/mol. The zero-order valence-electron chi connectivity index (χ0n) is 6.78. The van der Waals surface area contributed by atoms with E-state index in [1.165, 1.54) is 0 Å². The van der Waals surface area contributed by atoms with Gasteiger partial charge in [0, 0.05) is 6.21 Å². The number of para-hydroxylation sites is 2. The molecule has 0 unspecified atom stereocenters. The van der Waals surface area contributed by atoms with E-state index >= 15 is 0 Å². The molecule has 0 fully saturated rings. The van der Waals surface area contributed by atoms with E-state index in [4.69, 9.17) is 0 Å². The summed E-state index contributed by atoms with van der Waals surface area (Å²) in [7, 11) is 0. The largest absolute Gasteiger partial charge is 0.322 e. The van der Waals surface area contributed by atoms with E-state index in [2.05, 4.69) is 15.0 Å². The van der Waals surface area contributed by atoms with Crippen molar-refractivity contribution >= 4 is 23.2 Å².